The highest BCUT2D eigenvalue weighted by atomic mass is 16.6. The summed E-state index contributed by atoms with van der Waals surface area (Å²) >= 11 is 0. The Morgan fingerprint density at radius 3 is 1.29 bits per heavy atom. The number of nitrogens with zero attached hydrogens (tertiary/aromatic N) is 1. The minimum absolute atomic E-state index is 0.00880. The smallest absolute Gasteiger partial charge is 0.306 e. The average Bonchev–Trinajstić information content (AvgIpc) is 3.19. The molecular weight excluding hydrogens is 739 g/mol. The number of allylic oxidation sites excluding steroid dienone is 18. The Kier molecular flexibility index (Phi) is 38.0. The maximum absolute atomic E-state index is 12.7. The summed E-state index contributed by atoms with van der Waals surface area (Å²) < 4.78 is 17.1. The normalized spacial score (nSPS) is 14.0. The van der Waals surface area contributed by atoms with Crippen LogP contribution in [0.1, 0.15) is 142 Å². The number of carboxylic acids is 1. The number of hydrogen-bond acceptors (Lipinski definition) is 7. The van der Waals surface area contributed by atoms with Crippen LogP contribution >= 0.6 is 0 Å². The van der Waals surface area contributed by atoms with Crippen LogP contribution < -0.4 is 5.11 Å². The lowest BCUT2D eigenvalue weighted by atomic mass is 10.1. The summed E-state index contributed by atoms with van der Waals surface area (Å²) in [7, 11) is 5.37. The van der Waals surface area contributed by atoms with Gasteiger partial charge >= 0.3 is 11.9 Å². The van der Waals surface area contributed by atoms with E-state index in [0.717, 1.165) is 103 Å². The molecule has 0 heterocycles. The van der Waals surface area contributed by atoms with Crippen molar-refractivity contribution in [3.8, 4) is 0 Å². The highest BCUT2D eigenvalue weighted by Crippen LogP contribution is 2.11. The van der Waals surface area contributed by atoms with Gasteiger partial charge in [0.15, 0.2) is 6.10 Å². The Bertz CT molecular complexity index is 1330. The van der Waals surface area contributed by atoms with Crippen LogP contribution in [-0.2, 0) is 28.6 Å². The maximum atomic E-state index is 12.7. The molecular formula is C51H81NO7. The Morgan fingerprint density at radius 1 is 0.508 bits per heavy atom. The summed E-state index contributed by atoms with van der Waals surface area (Å²) in [5.74, 6) is -1.84. The first-order valence-corrected chi connectivity index (χ1v) is 22.4. The fourth-order valence-electron chi connectivity index (χ4n) is 5.73. The standard InChI is InChI=1S/C51H81NO7/c1-6-8-10-12-14-16-18-20-22-24-25-26-28-30-32-34-36-38-40-42-50(54)59-47(45-57-44-43-48(51(55)56)52(3,4)5)46-58-49(53)41-39-37-35-33-31-29-27-23-21-19-17-15-13-11-9-7-2/h8-11,14-17,20-23,25-26,29-32,47-48H,6-7,12-13,18-19,24,27-28,33-46H2,1-5H3/b10-8+,11-9+,16-14+,17-15+,22-20+,23-21+,26-25+,31-29+,32-30+. The topological polar surface area (TPSA) is 102 Å². The minimum Gasteiger partial charge on any atom is -0.544 e. The third-order valence-electron chi connectivity index (χ3n) is 9.15. The molecule has 2 atom stereocenters. The summed E-state index contributed by atoms with van der Waals surface area (Å²) in [6.07, 6.45) is 55.4. The van der Waals surface area contributed by atoms with Crippen LogP contribution in [0.2, 0.25) is 0 Å². The number of unbranched alkanes of at least 4 members (excludes halogenated alkanes) is 6. The molecule has 0 aliphatic carbocycles. The van der Waals surface area contributed by atoms with Crippen LogP contribution in [0.4, 0.5) is 0 Å². The van der Waals surface area contributed by atoms with E-state index in [1.54, 1.807) is 21.1 Å². The highest BCUT2D eigenvalue weighted by Gasteiger charge is 2.25. The van der Waals surface area contributed by atoms with E-state index in [0.29, 0.717) is 12.8 Å². The van der Waals surface area contributed by atoms with E-state index in [2.05, 4.69) is 123 Å². The largest absolute Gasteiger partial charge is 0.544 e. The molecule has 59 heavy (non-hydrogen) atoms. The number of aliphatic carboxylic acids is 1. The van der Waals surface area contributed by atoms with Gasteiger partial charge in [0.1, 0.15) is 12.6 Å². The lowest BCUT2D eigenvalue weighted by molar-refractivity contribution is -0.889. The number of carboxylic acid groups (broad SMARTS) is 1. The van der Waals surface area contributed by atoms with Crippen LogP contribution in [-0.4, -0.2) is 75.5 Å². The Morgan fingerprint density at radius 2 is 0.898 bits per heavy atom. The summed E-state index contributed by atoms with van der Waals surface area (Å²) in [5, 5.41) is 11.6. The lowest BCUT2D eigenvalue weighted by Crippen LogP contribution is -2.55. The van der Waals surface area contributed by atoms with Crippen molar-refractivity contribution >= 4 is 17.9 Å². The molecule has 332 valence electrons. The molecule has 0 bridgehead atoms. The molecule has 0 saturated heterocycles. The van der Waals surface area contributed by atoms with Crippen LogP contribution in [0, 0.1) is 0 Å². The van der Waals surface area contributed by atoms with Gasteiger partial charge in [-0.25, -0.2) is 0 Å². The van der Waals surface area contributed by atoms with E-state index in [1.807, 2.05) is 0 Å². The van der Waals surface area contributed by atoms with Gasteiger partial charge < -0.3 is 28.6 Å². The van der Waals surface area contributed by atoms with Gasteiger partial charge in [0.25, 0.3) is 0 Å². The van der Waals surface area contributed by atoms with Crippen molar-refractivity contribution < 1.29 is 38.2 Å². The zero-order chi connectivity index (χ0) is 43.5. The molecule has 0 aliphatic rings. The molecule has 0 fully saturated rings. The fraction of sp³-hybridized carbons (Fsp3) is 0.588. The van der Waals surface area contributed by atoms with Gasteiger partial charge in [0.2, 0.25) is 0 Å². The first-order chi connectivity index (χ1) is 28.6. The molecule has 0 spiro atoms. The first-order valence-electron chi connectivity index (χ1n) is 22.4. The van der Waals surface area contributed by atoms with Gasteiger partial charge in [0, 0.05) is 19.3 Å². The SMILES string of the molecule is CC/C=C/C/C=C/C/C=C/C/C=C/C/C=C/CCCCCC(=O)OC(COCCC(C(=O)[O-])[N+](C)(C)C)COC(=O)CCCCC/C=C/C/C=C/C/C=C/C/C=C/CC. The Hall–Kier alpha value is -4.01. The van der Waals surface area contributed by atoms with Crippen molar-refractivity contribution in [3.63, 3.8) is 0 Å². The van der Waals surface area contributed by atoms with E-state index in [-0.39, 0.29) is 49.1 Å². The molecule has 8 nitrogen and oxygen atoms in total. The number of rotatable bonds is 38. The zero-order valence-corrected chi connectivity index (χ0v) is 37.6. The van der Waals surface area contributed by atoms with E-state index >= 15 is 0 Å². The second-order valence-corrected chi connectivity index (χ2v) is 15.5. The van der Waals surface area contributed by atoms with Crippen molar-refractivity contribution in [1.29, 1.82) is 0 Å². The highest BCUT2D eigenvalue weighted by molar-refractivity contribution is 5.70. The van der Waals surface area contributed by atoms with Crippen molar-refractivity contribution in [3.05, 3.63) is 109 Å². The van der Waals surface area contributed by atoms with Crippen LogP contribution in [0.5, 0.6) is 0 Å². The summed E-state index contributed by atoms with van der Waals surface area (Å²) in [5.41, 5.74) is 0. The second-order valence-electron chi connectivity index (χ2n) is 15.5. The van der Waals surface area contributed by atoms with Crippen molar-refractivity contribution in [2.45, 2.75) is 154 Å². The van der Waals surface area contributed by atoms with Gasteiger partial charge in [0.05, 0.1) is 40.3 Å². The molecule has 0 N–H and O–H groups in total. The van der Waals surface area contributed by atoms with Crippen molar-refractivity contribution in [2.75, 3.05) is 41.0 Å². The molecule has 0 aromatic rings. The summed E-state index contributed by atoms with van der Waals surface area (Å²) in [6, 6.07) is -0.744. The van der Waals surface area contributed by atoms with E-state index in [4.69, 9.17) is 14.2 Å². The van der Waals surface area contributed by atoms with Crippen LogP contribution in [0.15, 0.2) is 109 Å². The van der Waals surface area contributed by atoms with E-state index in [1.165, 1.54) is 0 Å². The van der Waals surface area contributed by atoms with Gasteiger partial charge in [-0.05, 0) is 96.3 Å². The lowest BCUT2D eigenvalue weighted by Gasteiger charge is -2.34. The molecule has 8 heteroatoms. The molecule has 0 rings (SSSR count). The predicted molar refractivity (Wildman–Crippen MR) is 244 cm³/mol. The van der Waals surface area contributed by atoms with E-state index < -0.39 is 18.1 Å². The van der Waals surface area contributed by atoms with Crippen LogP contribution in [0.25, 0.3) is 0 Å². The summed E-state index contributed by atoms with van der Waals surface area (Å²) in [6.45, 7) is 4.33. The van der Waals surface area contributed by atoms with Gasteiger partial charge in [-0.1, -0.05) is 136 Å². The zero-order valence-electron chi connectivity index (χ0n) is 37.6. The molecule has 0 aromatic heterocycles. The second kappa shape index (κ2) is 40.8. The summed E-state index contributed by atoms with van der Waals surface area (Å²) in [4.78, 5) is 36.9. The number of likely N-dealkylation sites (N-methyl/N-ethyl adjacent to an activating group) is 1. The molecule has 0 aromatic carbocycles. The first kappa shape index (κ1) is 55.0. The molecule has 0 saturated carbocycles. The monoisotopic (exact) mass is 820 g/mol. The average molecular weight is 820 g/mol. The van der Waals surface area contributed by atoms with Gasteiger partial charge in [-0.3, -0.25) is 9.59 Å². The molecule has 0 amide bonds. The Balaban J connectivity index is 4.49. The maximum Gasteiger partial charge on any atom is 0.306 e. The molecule has 0 radical (unpaired) electrons. The third-order valence-corrected chi connectivity index (χ3v) is 9.15. The van der Waals surface area contributed by atoms with Crippen molar-refractivity contribution in [1.82, 2.24) is 0 Å². The number of esters is 2. The van der Waals surface area contributed by atoms with Gasteiger partial charge in [-0.15, -0.1) is 0 Å². The fourth-order valence-corrected chi connectivity index (χ4v) is 5.73. The number of ether oxygens (including phenoxy) is 3. The Labute approximate surface area is 359 Å². The molecule has 0 aliphatic heterocycles. The predicted octanol–water partition coefficient (Wildman–Crippen LogP) is 11.1. The number of carbonyl (C=O) groups excluding carboxylic acids is 3. The van der Waals surface area contributed by atoms with E-state index in [9.17, 15) is 19.5 Å². The minimum atomic E-state index is -1.14. The third kappa shape index (κ3) is 39.2. The number of carbonyl (C=O) groups is 3. The van der Waals surface area contributed by atoms with Crippen LogP contribution in [0.3, 0.4) is 0 Å². The molecule has 2 unspecified atom stereocenters. The number of hydrogen-bond donors (Lipinski definition) is 0. The van der Waals surface area contributed by atoms with Gasteiger partial charge in [-0.2, -0.15) is 0 Å². The quantitative estimate of drug-likeness (QED) is 0.0264. The van der Waals surface area contributed by atoms with Crippen molar-refractivity contribution in [2.24, 2.45) is 0 Å². The number of quaternary nitrogens is 1.